The minimum atomic E-state index is -0.320. The van der Waals surface area contributed by atoms with Crippen LogP contribution in [0.1, 0.15) is 34.1 Å². The van der Waals surface area contributed by atoms with Crippen LogP contribution in [0.2, 0.25) is 10.0 Å². The smallest absolute Gasteiger partial charge is 0.244 e. The zero-order valence-electron chi connectivity index (χ0n) is 13.4. The van der Waals surface area contributed by atoms with E-state index in [0.29, 0.717) is 28.7 Å². The lowest BCUT2D eigenvalue weighted by molar-refractivity contribution is -0.136. The van der Waals surface area contributed by atoms with Crippen LogP contribution in [0.15, 0.2) is 18.2 Å². The maximum absolute atomic E-state index is 12.2. The fourth-order valence-electron chi connectivity index (χ4n) is 1.91. The van der Waals surface area contributed by atoms with Gasteiger partial charge < -0.3 is 10.2 Å². The third-order valence-electron chi connectivity index (χ3n) is 2.98. The highest BCUT2D eigenvalue weighted by atomic mass is 35.5. The predicted molar refractivity (Wildman–Crippen MR) is 91.4 cm³/mol. The minimum Gasteiger partial charge on any atom is -0.334 e. The third-order valence-corrected chi connectivity index (χ3v) is 3.61. The lowest BCUT2D eigenvalue weighted by Crippen LogP contribution is -2.39. The molecule has 0 aliphatic heterocycles. The number of anilines is 1. The summed E-state index contributed by atoms with van der Waals surface area (Å²) in [5.74, 6) is -0.366. The molecule has 0 heterocycles. The first kappa shape index (κ1) is 18.8. The molecule has 122 valence electrons. The molecule has 1 rings (SSSR count). The molecule has 0 unspecified atom stereocenters. The van der Waals surface area contributed by atoms with Crippen LogP contribution in [-0.4, -0.2) is 29.8 Å². The van der Waals surface area contributed by atoms with Gasteiger partial charge in [0.2, 0.25) is 11.8 Å². The van der Waals surface area contributed by atoms with Gasteiger partial charge >= 0.3 is 0 Å². The van der Waals surface area contributed by atoms with E-state index in [1.165, 1.54) is 4.90 Å². The van der Waals surface area contributed by atoms with Gasteiger partial charge in [-0.25, -0.2) is 0 Å². The molecule has 0 aliphatic rings. The fourth-order valence-corrected chi connectivity index (χ4v) is 2.40. The Morgan fingerprint density at radius 2 is 1.73 bits per heavy atom. The topological polar surface area (TPSA) is 49.4 Å². The lowest BCUT2D eigenvalue weighted by atomic mass is 9.91. The number of carbonyl (C=O) groups is 2. The number of amides is 2. The number of hydrogen-bond donors (Lipinski definition) is 1. The van der Waals surface area contributed by atoms with Gasteiger partial charge in [-0.1, -0.05) is 50.0 Å². The summed E-state index contributed by atoms with van der Waals surface area (Å²) in [6.07, 6.45) is 0.390. The number of nitrogens with zero attached hydrogens (tertiary/aromatic N) is 1. The quantitative estimate of drug-likeness (QED) is 0.869. The van der Waals surface area contributed by atoms with Gasteiger partial charge in [0, 0.05) is 13.0 Å². The zero-order valence-corrected chi connectivity index (χ0v) is 14.9. The normalized spacial score (nSPS) is 11.2. The van der Waals surface area contributed by atoms with Gasteiger partial charge in [0.05, 0.1) is 22.3 Å². The highest BCUT2D eigenvalue weighted by Gasteiger charge is 2.22. The molecule has 0 aromatic heterocycles. The van der Waals surface area contributed by atoms with Crippen molar-refractivity contribution in [3.63, 3.8) is 0 Å². The van der Waals surface area contributed by atoms with Gasteiger partial charge in [0.15, 0.2) is 0 Å². The molecule has 0 saturated carbocycles. The summed E-state index contributed by atoms with van der Waals surface area (Å²) in [5.41, 5.74) is 0.252. The summed E-state index contributed by atoms with van der Waals surface area (Å²) in [5, 5.41) is 3.40. The largest absolute Gasteiger partial charge is 0.334 e. The Morgan fingerprint density at radius 3 is 2.18 bits per heavy atom. The van der Waals surface area contributed by atoms with Crippen molar-refractivity contribution in [1.82, 2.24) is 4.90 Å². The Kier molecular flexibility index (Phi) is 6.69. The number of likely N-dealkylation sites (N-methyl/N-ethyl adjacent to an activating group) is 1. The fraction of sp³-hybridized carbons (Fsp3) is 0.500. The third kappa shape index (κ3) is 5.85. The molecule has 0 atom stereocenters. The number of benzene rings is 1. The van der Waals surface area contributed by atoms with Crippen molar-refractivity contribution in [3.05, 3.63) is 28.2 Å². The van der Waals surface area contributed by atoms with Crippen molar-refractivity contribution in [3.8, 4) is 0 Å². The average Bonchev–Trinajstić information content (AvgIpc) is 2.38. The highest BCUT2D eigenvalue weighted by molar-refractivity contribution is 6.39. The van der Waals surface area contributed by atoms with E-state index in [1.807, 2.05) is 27.7 Å². The summed E-state index contributed by atoms with van der Waals surface area (Å²) in [6, 6.07) is 4.99. The molecular weight excluding hydrogens is 323 g/mol. The lowest BCUT2D eigenvalue weighted by Gasteiger charge is -2.25. The average molecular weight is 345 g/mol. The molecule has 0 radical (unpaired) electrons. The molecule has 1 aromatic carbocycles. The van der Waals surface area contributed by atoms with E-state index in [-0.39, 0.29) is 23.8 Å². The number of para-hydroxylation sites is 1. The monoisotopic (exact) mass is 344 g/mol. The Hall–Kier alpha value is -1.26. The molecule has 1 N–H and O–H groups in total. The molecular formula is C16H22Cl2N2O2. The van der Waals surface area contributed by atoms with Crippen LogP contribution in [0.4, 0.5) is 5.69 Å². The summed E-state index contributed by atoms with van der Waals surface area (Å²) in [4.78, 5) is 25.9. The van der Waals surface area contributed by atoms with Crippen molar-refractivity contribution < 1.29 is 9.59 Å². The van der Waals surface area contributed by atoms with Crippen molar-refractivity contribution in [2.75, 3.05) is 18.4 Å². The van der Waals surface area contributed by atoms with Gasteiger partial charge in [-0.05, 0) is 24.5 Å². The van der Waals surface area contributed by atoms with E-state index in [9.17, 15) is 9.59 Å². The van der Waals surface area contributed by atoms with Crippen LogP contribution in [0.3, 0.4) is 0 Å². The van der Waals surface area contributed by atoms with Crippen molar-refractivity contribution in [1.29, 1.82) is 0 Å². The SMILES string of the molecule is CCN(CC(=O)Nc1c(Cl)cccc1Cl)C(=O)CC(C)(C)C. The summed E-state index contributed by atoms with van der Waals surface area (Å²) in [7, 11) is 0. The van der Waals surface area contributed by atoms with E-state index < -0.39 is 0 Å². The number of halogens is 2. The van der Waals surface area contributed by atoms with E-state index in [1.54, 1.807) is 18.2 Å². The molecule has 0 aliphatic carbocycles. The molecule has 22 heavy (non-hydrogen) atoms. The Balaban J connectivity index is 2.72. The number of hydrogen-bond acceptors (Lipinski definition) is 2. The highest BCUT2D eigenvalue weighted by Crippen LogP contribution is 2.29. The van der Waals surface area contributed by atoms with E-state index in [4.69, 9.17) is 23.2 Å². The summed E-state index contributed by atoms with van der Waals surface area (Å²) >= 11 is 12.0. The maximum atomic E-state index is 12.2. The second kappa shape index (κ2) is 7.84. The molecule has 0 saturated heterocycles. The van der Waals surface area contributed by atoms with Crippen LogP contribution in [0, 0.1) is 5.41 Å². The van der Waals surface area contributed by atoms with Gasteiger partial charge in [-0.2, -0.15) is 0 Å². The standard InChI is InChI=1S/C16H22Cl2N2O2/c1-5-20(14(22)9-16(2,3)4)10-13(21)19-15-11(17)7-6-8-12(15)18/h6-8H,5,9-10H2,1-4H3,(H,19,21). The van der Waals surface area contributed by atoms with E-state index in [0.717, 1.165) is 0 Å². The van der Waals surface area contributed by atoms with Gasteiger partial charge in [-0.15, -0.1) is 0 Å². The van der Waals surface area contributed by atoms with Crippen molar-refractivity contribution >= 4 is 40.7 Å². The number of carbonyl (C=O) groups excluding carboxylic acids is 2. The Bertz CT molecular complexity index is 533. The van der Waals surface area contributed by atoms with Crippen LogP contribution >= 0.6 is 23.2 Å². The zero-order chi connectivity index (χ0) is 16.9. The van der Waals surface area contributed by atoms with Crippen LogP contribution < -0.4 is 5.32 Å². The van der Waals surface area contributed by atoms with E-state index in [2.05, 4.69) is 5.32 Å². The second-order valence-corrected chi connectivity index (χ2v) is 7.10. The van der Waals surface area contributed by atoms with Crippen LogP contribution in [0.25, 0.3) is 0 Å². The van der Waals surface area contributed by atoms with Crippen molar-refractivity contribution in [2.24, 2.45) is 5.41 Å². The molecule has 4 nitrogen and oxygen atoms in total. The Morgan fingerprint density at radius 1 is 1.18 bits per heavy atom. The molecule has 0 bridgehead atoms. The molecule has 6 heteroatoms. The van der Waals surface area contributed by atoms with Gasteiger partial charge in [0.25, 0.3) is 0 Å². The number of rotatable bonds is 5. The van der Waals surface area contributed by atoms with Crippen LogP contribution in [0.5, 0.6) is 0 Å². The first-order valence-corrected chi connectivity index (χ1v) is 7.91. The van der Waals surface area contributed by atoms with Gasteiger partial charge in [-0.3, -0.25) is 9.59 Å². The second-order valence-electron chi connectivity index (χ2n) is 6.29. The Labute approximate surface area is 141 Å². The molecule has 2 amide bonds. The van der Waals surface area contributed by atoms with E-state index >= 15 is 0 Å². The number of nitrogens with one attached hydrogen (secondary N) is 1. The first-order chi connectivity index (χ1) is 10.1. The molecule has 1 aromatic rings. The summed E-state index contributed by atoms with van der Waals surface area (Å²) in [6.45, 7) is 8.26. The maximum Gasteiger partial charge on any atom is 0.244 e. The van der Waals surface area contributed by atoms with Gasteiger partial charge in [0.1, 0.15) is 0 Å². The molecule has 0 spiro atoms. The first-order valence-electron chi connectivity index (χ1n) is 7.15. The predicted octanol–water partition coefficient (Wildman–Crippen LogP) is 4.22. The minimum absolute atomic E-state index is 0.0209. The van der Waals surface area contributed by atoms with Crippen molar-refractivity contribution in [2.45, 2.75) is 34.1 Å². The van der Waals surface area contributed by atoms with Crippen LogP contribution in [-0.2, 0) is 9.59 Å². The molecule has 0 fully saturated rings. The summed E-state index contributed by atoms with van der Waals surface area (Å²) < 4.78 is 0.